The van der Waals surface area contributed by atoms with Crippen LogP contribution in [0.15, 0.2) is 22.7 Å². The Morgan fingerprint density at radius 2 is 2.00 bits per heavy atom. The van der Waals surface area contributed by atoms with Crippen LogP contribution < -0.4 is 4.90 Å². The van der Waals surface area contributed by atoms with E-state index in [1.165, 1.54) is 4.90 Å². The number of carbonyl (C=O) groups excluding carboxylic acids is 3. The molecule has 1 heterocycles. The predicted octanol–water partition coefficient (Wildman–Crippen LogP) is 1.85. The first-order valence-corrected chi connectivity index (χ1v) is 7.03. The molecule has 1 aromatic carbocycles. The first-order valence-electron chi connectivity index (χ1n) is 6.24. The molecule has 1 aromatic rings. The third kappa shape index (κ3) is 2.47. The number of fused-ring (bicyclic) bond motifs is 1. The van der Waals surface area contributed by atoms with E-state index >= 15 is 0 Å². The molecule has 0 bridgehead atoms. The van der Waals surface area contributed by atoms with Crippen LogP contribution in [0.1, 0.15) is 24.2 Å². The number of halogens is 1. The van der Waals surface area contributed by atoms with E-state index < -0.39 is 11.7 Å². The van der Waals surface area contributed by atoms with Crippen LogP contribution in [0.4, 0.5) is 5.69 Å². The van der Waals surface area contributed by atoms with Gasteiger partial charge in [-0.25, -0.2) is 0 Å². The summed E-state index contributed by atoms with van der Waals surface area (Å²) in [4.78, 5) is 38.7. The van der Waals surface area contributed by atoms with Crippen LogP contribution in [0.25, 0.3) is 0 Å². The highest BCUT2D eigenvalue weighted by molar-refractivity contribution is 9.10. The molecule has 0 atom stereocenters. The van der Waals surface area contributed by atoms with Gasteiger partial charge in [0.1, 0.15) is 6.54 Å². The Morgan fingerprint density at radius 1 is 1.35 bits per heavy atom. The van der Waals surface area contributed by atoms with E-state index in [2.05, 4.69) is 15.9 Å². The first kappa shape index (κ1) is 14.7. The average Bonchev–Trinajstić information content (AvgIpc) is 2.62. The van der Waals surface area contributed by atoms with Gasteiger partial charge in [-0.05, 0) is 32.0 Å². The van der Waals surface area contributed by atoms with Gasteiger partial charge in [-0.3, -0.25) is 19.3 Å². The molecular formula is C14H15BrN2O3. The van der Waals surface area contributed by atoms with Crippen molar-refractivity contribution >= 4 is 39.2 Å². The van der Waals surface area contributed by atoms with Crippen LogP contribution in [0.5, 0.6) is 0 Å². The summed E-state index contributed by atoms with van der Waals surface area (Å²) >= 11 is 3.31. The Labute approximate surface area is 125 Å². The summed E-state index contributed by atoms with van der Waals surface area (Å²) in [6.45, 7) is 3.65. The molecule has 0 spiro atoms. The lowest BCUT2D eigenvalue weighted by molar-refractivity contribution is -0.131. The lowest BCUT2D eigenvalue weighted by Gasteiger charge is -2.24. The van der Waals surface area contributed by atoms with Gasteiger partial charge in [0.2, 0.25) is 5.91 Å². The molecule has 5 nitrogen and oxygen atoms in total. The summed E-state index contributed by atoms with van der Waals surface area (Å²) in [5.74, 6) is -1.41. The normalized spacial score (nSPS) is 13.9. The smallest absolute Gasteiger partial charge is 0.299 e. The molecule has 0 radical (unpaired) electrons. The highest BCUT2D eigenvalue weighted by Crippen LogP contribution is 2.31. The van der Waals surface area contributed by atoms with Gasteiger partial charge in [0, 0.05) is 17.6 Å². The van der Waals surface area contributed by atoms with E-state index in [-0.39, 0.29) is 18.5 Å². The maximum Gasteiger partial charge on any atom is 0.299 e. The van der Waals surface area contributed by atoms with Crippen molar-refractivity contribution in [3.05, 3.63) is 28.2 Å². The Kier molecular flexibility index (Phi) is 3.94. The fraction of sp³-hybridized carbons (Fsp3) is 0.357. The maximum atomic E-state index is 12.1. The van der Waals surface area contributed by atoms with Crippen molar-refractivity contribution < 1.29 is 14.4 Å². The summed E-state index contributed by atoms with van der Waals surface area (Å²) in [5.41, 5.74) is 0.832. The van der Waals surface area contributed by atoms with Crippen LogP contribution in [-0.2, 0) is 9.59 Å². The molecule has 0 unspecified atom stereocenters. The molecule has 2 amide bonds. The number of nitrogens with zero attached hydrogens (tertiary/aromatic N) is 2. The number of hydrogen-bond acceptors (Lipinski definition) is 3. The van der Waals surface area contributed by atoms with Gasteiger partial charge in [-0.15, -0.1) is 0 Å². The zero-order valence-corrected chi connectivity index (χ0v) is 13.1. The molecule has 1 aliphatic rings. The first-order chi connectivity index (χ1) is 9.32. The lowest BCUT2D eigenvalue weighted by Crippen LogP contribution is -2.43. The molecule has 0 aromatic heterocycles. The standard InChI is InChI=1S/C14H15BrN2O3/c1-8(2)16(3)12(18)7-17-11-6-9(15)4-5-10(11)13(19)14(17)20/h4-6,8H,7H2,1-3H3. The Morgan fingerprint density at radius 3 is 2.60 bits per heavy atom. The number of anilines is 1. The molecule has 0 N–H and O–H groups in total. The summed E-state index contributed by atoms with van der Waals surface area (Å²) in [6, 6.07) is 5.02. The second kappa shape index (κ2) is 5.36. The summed E-state index contributed by atoms with van der Waals surface area (Å²) in [7, 11) is 1.68. The second-order valence-electron chi connectivity index (χ2n) is 4.98. The third-order valence-electron chi connectivity index (χ3n) is 3.40. The number of carbonyl (C=O) groups is 3. The van der Waals surface area contributed by atoms with Gasteiger partial charge in [-0.1, -0.05) is 15.9 Å². The molecule has 0 saturated carbocycles. The van der Waals surface area contributed by atoms with Crippen molar-refractivity contribution in [2.75, 3.05) is 18.5 Å². The van der Waals surface area contributed by atoms with Crippen LogP contribution in [0.2, 0.25) is 0 Å². The van der Waals surface area contributed by atoms with E-state index in [9.17, 15) is 14.4 Å². The Bertz CT molecular complexity index is 598. The summed E-state index contributed by atoms with van der Waals surface area (Å²) in [5, 5.41) is 0. The Hall–Kier alpha value is -1.69. The molecule has 0 fully saturated rings. The fourth-order valence-corrected chi connectivity index (χ4v) is 2.31. The molecule has 6 heteroatoms. The van der Waals surface area contributed by atoms with E-state index in [1.54, 1.807) is 30.1 Å². The summed E-state index contributed by atoms with van der Waals surface area (Å²) < 4.78 is 0.758. The van der Waals surface area contributed by atoms with Crippen molar-refractivity contribution in [2.24, 2.45) is 0 Å². The van der Waals surface area contributed by atoms with Crippen molar-refractivity contribution in [1.82, 2.24) is 4.90 Å². The lowest BCUT2D eigenvalue weighted by atomic mass is 10.1. The number of amides is 2. The molecular weight excluding hydrogens is 324 g/mol. The van der Waals surface area contributed by atoms with Crippen LogP contribution in [0, 0.1) is 0 Å². The predicted molar refractivity (Wildman–Crippen MR) is 78.7 cm³/mol. The number of likely N-dealkylation sites (N-methyl/N-ethyl adjacent to an activating group) is 1. The third-order valence-corrected chi connectivity index (χ3v) is 3.89. The quantitative estimate of drug-likeness (QED) is 0.790. The van der Waals surface area contributed by atoms with E-state index in [1.807, 2.05) is 13.8 Å². The largest absolute Gasteiger partial charge is 0.342 e. The summed E-state index contributed by atoms with van der Waals surface area (Å²) in [6.07, 6.45) is 0. The van der Waals surface area contributed by atoms with Gasteiger partial charge in [0.15, 0.2) is 0 Å². The van der Waals surface area contributed by atoms with Gasteiger partial charge < -0.3 is 4.90 Å². The second-order valence-corrected chi connectivity index (χ2v) is 5.90. The molecule has 1 aliphatic heterocycles. The van der Waals surface area contributed by atoms with E-state index in [4.69, 9.17) is 0 Å². The number of hydrogen-bond donors (Lipinski definition) is 0. The number of Topliss-reactive ketones (excluding diaryl/α,β-unsaturated/α-hetero) is 1. The van der Waals surface area contributed by atoms with Crippen LogP contribution in [-0.4, -0.2) is 42.1 Å². The molecule has 20 heavy (non-hydrogen) atoms. The van der Waals surface area contributed by atoms with E-state index in [0.717, 1.165) is 4.47 Å². The number of benzene rings is 1. The zero-order chi connectivity index (χ0) is 15.0. The minimum Gasteiger partial charge on any atom is -0.342 e. The van der Waals surface area contributed by atoms with Crippen molar-refractivity contribution in [2.45, 2.75) is 19.9 Å². The molecule has 2 rings (SSSR count). The van der Waals surface area contributed by atoms with Gasteiger partial charge in [-0.2, -0.15) is 0 Å². The van der Waals surface area contributed by atoms with Gasteiger partial charge in [0.05, 0.1) is 11.3 Å². The zero-order valence-electron chi connectivity index (χ0n) is 11.5. The molecule has 0 aliphatic carbocycles. The van der Waals surface area contributed by atoms with Crippen molar-refractivity contribution in [3.8, 4) is 0 Å². The Balaban J connectivity index is 2.30. The van der Waals surface area contributed by atoms with Gasteiger partial charge in [0.25, 0.3) is 11.7 Å². The topological polar surface area (TPSA) is 57.7 Å². The van der Waals surface area contributed by atoms with E-state index in [0.29, 0.717) is 11.3 Å². The van der Waals surface area contributed by atoms with Crippen molar-refractivity contribution in [3.63, 3.8) is 0 Å². The van der Waals surface area contributed by atoms with Crippen LogP contribution >= 0.6 is 15.9 Å². The minimum atomic E-state index is -0.649. The maximum absolute atomic E-state index is 12.1. The average molecular weight is 339 g/mol. The number of rotatable bonds is 3. The van der Waals surface area contributed by atoms with Crippen molar-refractivity contribution in [1.29, 1.82) is 0 Å². The van der Waals surface area contributed by atoms with Gasteiger partial charge >= 0.3 is 0 Å². The molecule has 0 saturated heterocycles. The highest BCUT2D eigenvalue weighted by Gasteiger charge is 2.37. The highest BCUT2D eigenvalue weighted by atomic mass is 79.9. The monoisotopic (exact) mass is 338 g/mol. The molecule has 106 valence electrons. The minimum absolute atomic E-state index is 0.0397. The fourth-order valence-electron chi connectivity index (χ4n) is 1.96. The SMILES string of the molecule is CC(C)N(C)C(=O)CN1C(=O)C(=O)c2ccc(Br)cc21. The number of ketones is 1. The van der Waals surface area contributed by atoms with Crippen LogP contribution in [0.3, 0.4) is 0 Å².